The van der Waals surface area contributed by atoms with Gasteiger partial charge in [0.2, 0.25) is 0 Å². The van der Waals surface area contributed by atoms with Gasteiger partial charge in [-0.05, 0) is 36.1 Å². The molecule has 2 rings (SSSR count). The molecule has 4 nitrogen and oxygen atoms in total. The van der Waals surface area contributed by atoms with Crippen LogP contribution in [0.3, 0.4) is 0 Å². The smallest absolute Gasteiger partial charge is 0.305 e. The van der Waals surface area contributed by atoms with Crippen LogP contribution in [0.5, 0.6) is 5.75 Å². The fraction of sp³-hybridized carbons (Fsp3) is 0.417. The zero-order valence-corrected chi connectivity index (χ0v) is 9.19. The Balaban J connectivity index is 2.08. The molecule has 0 aliphatic carbocycles. The fourth-order valence-corrected chi connectivity index (χ4v) is 2.02. The molecule has 2 N–H and O–H groups in total. The van der Waals surface area contributed by atoms with Crippen LogP contribution in [0.25, 0.3) is 0 Å². The lowest BCUT2D eigenvalue weighted by Gasteiger charge is -2.25. The molecule has 0 aromatic heterocycles. The predicted molar refractivity (Wildman–Crippen MR) is 60.4 cm³/mol. The summed E-state index contributed by atoms with van der Waals surface area (Å²) in [7, 11) is 1.40. The minimum atomic E-state index is -0.185. The van der Waals surface area contributed by atoms with Gasteiger partial charge in [0.25, 0.3) is 0 Å². The van der Waals surface area contributed by atoms with Gasteiger partial charge in [0.05, 0.1) is 13.5 Å². The number of anilines is 1. The predicted octanol–water partition coefficient (Wildman–Crippen LogP) is 1.54. The highest BCUT2D eigenvalue weighted by molar-refractivity contribution is 5.70. The maximum atomic E-state index is 11.2. The summed E-state index contributed by atoms with van der Waals surface area (Å²) in [4.78, 5) is 11.2. The van der Waals surface area contributed by atoms with Crippen LogP contribution in [0.4, 0.5) is 5.69 Å². The van der Waals surface area contributed by atoms with Gasteiger partial charge in [-0.2, -0.15) is 0 Å². The molecule has 1 aromatic rings. The van der Waals surface area contributed by atoms with Gasteiger partial charge in [-0.25, -0.2) is 0 Å². The second kappa shape index (κ2) is 4.43. The van der Waals surface area contributed by atoms with Crippen molar-refractivity contribution in [3.63, 3.8) is 0 Å². The van der Waals surface area contributed by atoms with Crippen molar-refractivity contribution in [3.8, 4) is 5.75 Å². The van der Waals surface area contributed by atoms with Gasteiger partial charge in [-0.3, -0.25) is 4.79 Å². The molecule has 1 heterocycles. The zero-order chi connectivity index (χ0) is 11.5. The van der Waals surface area contributed by atoms with Crippen LogP contribution in [-0.4, -0.2) is 24.7 Å². The summed E-state index contributed by atoms with van der Waals surface area (Å²) in [6.45, 7) is 0.771. The maximum Gasteiger partial charge on any atom is 0.305 e. The first-order valence-corrected chi connectivity index (χ1v) is 5.31. The van der Waals surface area contributed by atoms with E-state index in [0.717, 1.165) is 24.2 Å². The van der Waals surface area contributed by atoms with E-state index in [1.807, 2.05) is 6.07 Å². The number of benzene rings is 1. The molecule has 1 aliphatic rings. The first kappa shape index (κ1) is 10.8. The Morgan fingerprint density at radius 1 is 1.62 bits per heavy atom. The van der Waals surface area contributed by atoms with E-state index >= 15 is 0 Å². The Labute approximate surface area is 94.2 Å². The SMILES string of the molecule is COC(=O)CC1CNc2ccc(O)cc2C1. The van der Waals surface area contributed by atoms with Crippen LogP contribution >= 0.6 is 0 Å². The molecule has 1 aliphatic heterocycles. The first-order valence-electron chi connectivity index (χ1n) is 5.31. The number of ether oxygens (including phenoxy) is 1. The first-order chi connectivity index (χ1) is 7.69. The lowest BCUT2D eigenvalue weighted by molar-refractivity contribution is -0.141. The number of hydrogen-bond donors (Lipinski definition) is 2. The molecule has 1 aromatic carbocycles. The summed E-state index contributed by atoms with van der Waals surface area (Å²) in [5.74, 6) is 0.316. The van der Waals surface area contributed by atoms with E-state index in [2.05, 4.69) is 10.1 Å². The highest BCUT2D eigenvalue weighted by Crippen LogP contribution is 2.29. The Morgan fingerprint density at radius 2 is 2.44 bits per heavy atom. The molecule has 4 heteroatoms. The second-order valence-electron chi connectivity index (χ2n) is 4.07. The van der Waals surface area contributed by atoms with Crippen LogP contribution in [0.1, 0.15) is 12.0 Å². The lowest BCUT2D eigenvalue weighted by Crippen LogP contribution is -2.25. The standard InChI is InChI=1S/C12H15NO3/c1-16-12(15)5-8-4-9-6-10(14)2-3-11(9)13-7-8/h2-3,6,8,13-14H,4-5,7H2,1H3. The van der Waals surface area contributed by atoms with Gasteiger partial charge in [-0.15, -0.1) is 0 Å². The third-order valence-electron chi connectivity index (χ3n) is 2.86. The average Bonchev–Trinajstić information content (AvgIpc) is 2.28. The van der Waals surface area contributed by atoms with Crippen molar-refractivity contribution in [2.24, 2.45) is 5.92 Å². The third kappa shape index (κ3) is 2.27. The molecular weight excluding hydrogens is 206 g/mol. The molecule has 1 atom stereocenters. The fourth-order valence-electron chi connectivity index (χ4n) is 2.02. The second-order valence-corrected chi connectivity index (χ2v) is 4.07. The number of methoxy groups -OCH3 is 1. The number of rotatable bonds is 2. The van der Waals surface area contributed by atoms with E-state index in [4.69, 9.17) is 0 Å². The van der Waals surface area contributed by atoms with Gasteiger partial charge < -0.3 is 15.2 Å². The monoisotopic (exact) mass is 221 g/mol. The Bertz CT molecular complexity index is 403. The Kier molecular flexibility index (Phi) is 2.99. The Morgan fingerprint density at radius 3 is 3.19 bits per heavy atom. The maximum absolute atomic E-state index is 11.2. The number of phenols is 1. The number of aromatic hydroxyl groups is 1. The number of phenolic OH excluding ortho intramolecular Hbond substituents is 1. The van der Waals surface area contributed by atoms with Crippen LogP contribution in [0.15, 0.2) is 18.2 Å². The van der Waals surface area contributed by atoms with E-state index in [0.29, 0.717) is 6.42 Å². The number of carbonyl (C=O) groups is 1. The summed E-state index contributed by atoms with van der Waals surface area (Å²) < 4.78 is 4.65. The van der Waals surface area contributed by atoms with Gasteiger partial charge in [0.1, 0.15) is 5.75 Å². The van der Waals surface area contributed by atoms with E-state index in [1.165, 1.54) is 7.11 Å². The quantitative estimate of drug-likeness (QED) is 0.587. The number of nitrogens with one attached hydrogen (secondary N) is 1. The molecule has 0 fully saturated rings. The normalized spacial score (nSPS) is 18.4. The molecule has 1 unspecified atom stereocenters. The molecule has 0 saturated carbocycles. The van der Waals surface area contributed by atoms with Crippen LogP contribution in [-0.2, 0) is 16.0 Å². The zero-order valence-electron chi connectivity index (χ0n) is 9.19. The molecule has 0 amide bonds. The van der Waals surface area contributed by atoms with Crippen LogP contribution in [0, 0.1) is 5.92 Å². The number of fused-ring (bicyclic) bond motifs is 1. The minimum Gasteiger partial charge on any atom is -0.508 e. The van der Waals surface area contributed by atoms with Gasteiger partial charge in [0.15, 0.2) is 0 Å². The van der Waals surface area contributed by atoms with Gasteiger partial charge in [0, 0.05) is 12.2 Å². The molecule has 16 heavy (non-hydrogen) atoms. The largest absolute Gasteiger partial charge is 0.508 e. The van der Waals surface area contributed by atoms with Crippen molar-refractivity contribution >= 4 is 11.7 Å². The lowest BCUT2D eigenvalue weighted by atomic mass is 9.91. The molecule has 0 saturated heterocycles. The molecule has 0 radical (unpaired) electrons. The van der Waals surface area contributed by atoms with Crippen molar-refractivity contribution in [3.05, 3.63) is 23.8 Å². The number of esters is 1. The minimum absolute atomic E-state index is 0.185. The van der Waals surface area contributed by atoms with Crippen LogP contribution in [0.2, 0.25) is 0 Å². The molecular formula is C12H15NO3. The van der Waals surface area contributed by atoms with Crippen LogP contribution < -0.4 is 5.32 Å². The van der Waals surface area contributed by atoms with Crippen molar-refractivity contribution in [2.75, 3.05) is 19.0 Å². The molecule has 86 valence electrons. The van der Waals surface area contributed by atoms with Gasteiger partial charge >= 0.3 is 5.97 Å². The summed E-state index contributed by atoms with van der Waals surface area (Å²) in [6, 6.07) is 5.26. The highest BCUT2D eigenvalue weighted by atomic mass is 16.5. The van der Waals surface area contributed by atoms with E-state index in [9.17, 15) is 9.90 Å². The van der Waals surface area contributed by atoms with Crippen molar-refractivity contribution in [1.82, 2.24) is 0 Å². The summed E-state index contributed by atoms with van der Waals surface area (Å²) >= 11 is 0. The number of carbonyl (C=O) groups excluding carboxylic acids is 1. The van der Waals surface area contributed by atoms with E-state index in [-0.39, 0.29) is 17.6 Å². The van der Waals surface area contributed by atoms with Crippen molar-refractivity contribution in [2.45, 2.75) is 12.8 Å². The summed E-state index contributed by atoms with van der Waals surface area (Å²) in [5, 5.41) is 12.6. The highest BCUT2D eigenvalue weighted by Gasteiger charge is 2.21. The Hall–Kier alpha value is -1.71. The summed E-state index contributed by atoms with van der Waals surface area (Å²) in [5.41, 5.74) is 2.10. The number of hydrogen-bond acceptors (Lipinski definition) is 4. The van der Waals surface area contributed by atoms with Crippen molar-refractivity contribution in [1.29, 1.82) is 0 Å². The topological polar surface area (TPSA) is 58.6 Å². The van der Waals surface area contributed by atoms with E-state index < -0.39 is 0 Å². The van der Waals surface area contributed by atoms with Gasteiger partial charge in [-0.1, -0.05) is 0 Å². The van der Waals surface area contributed by atoms with Crippen molar-refractivity contribution < 1.29 is 14.6 Å². The summed E-state index contributed by atoms with van der Waals surface area (Å²) in [6.07, 6.45) is 1.21. The molecule has 0 spiro atoms. The average molecular weight is 221 g/mol. The third-order valence-corrected chi connectivity index (χ3v) is 2.86. The molecule has 0 bridgehead atoms. The van der Waals surface area contributed by atoms with E-state index in [1.54, 1.807) is 12.1 Å².